The molecule has 2 fully saturated rings. The molecular weight excluding hydrogens is 372 g/mol. The fourth-order valence-corrected chi connectivity index (χ4v) is 5.67. The number of hydrogen-bond acceptors (Lipinski definition) is 3. The summed E-state index contributed by atoms with van der Waals surface area (Å²) in [6.45, 7) is 8.92. The quantitative estimate of drug-likeness (QED) is 0.734. The minimum atomic E-state index is -0.0890. The van der Waals surface area contributed by atoms with Crippen molar-refractivity contribution in [3.63, 3.8) is 0 Å². The molecule has 0 aliphatic heterocycles. The van der Waals surface area contributed by atoms with Crippen LogP contribution in [0.3, 0.4) is 0 Å². The van der Waals surface area contributed by atoms with Gasteiger partial charge in [0.1, 0.15) is 0 Å². The van der Waals surface area contributed by atoms with E-state index in [1.165, 1.54) is 25.7 Å². The molecule has 2 saturated carbocycles. The number of carbonyl (C=O) groups is 1. The Kier molecular flexibility index (Phi) is 5.38. The van der Waals surface area contributed by atoms with Crippen LogP contribution in [0.25, 0.3) is 11.0 Å². The van der Waals surface area contributed by atoms with Gasteiger partial charge in [0.15, 0.2) is 5.65 Å². The molecule has 2 bridgehead atoms. The van der Waals surface area contributed by atoms with Crippen molar-refractivity contribution in [1.29, 1.82) is 0 Å². The molecular formula is C22H31ClN4O. The number of amides is 1. The van der Waals surface area contributed by atoms with E-state index in [2.05, 4.69) is 29.2 Å². The number of nitrogens with zero attached hydrogens (tertiary/aromatic N) is 3. The van der Waals surface area contributed by atoms with Gasteiger partial charge < -0.3 is 5.32 Å². The fourth-order valence-electron chi connectivity index (χ4n) is 5.44. The number of pyridine rings is 1. The molecule has 2 heterocycles. The highest BCUT2D eigenvalue weighted by atomic mass is 35.5. The van der Waals surface area contributed by atoms with Crippen LogP contribution < -0.4 is 5.32 Å². The number of carbonyl (C=O) groups excluding carboxylic acids is 1. The van der Waals surface area contributed by atoms with E-state index in [0.717, 1.165) is 47.9 Å². The van der Waals surface area contributed by atoms with Crippen molar-refractivity contribution in [1.82, 2.24) is 20.1 Å². The molecule has 152 valence electrons. The van der Waals surface area contributed by atoms with Crippen molar-refractivity contribution >= 4 is 28.5 Å². The molecule has 0 saturated heterocycles. The van der Waals surface area contributed by atoms with Crippen molar-refractivity contribution in [3.8, 4) is 0 Å². The van der Waals surface area contributed by atoms with Crippen LogP contribution in [0, 0.1) is 31.6 Å². The predicted octanol–water partition coefficient (Wildman–Crippen LogP) is 5.06. The SMILES string of the molecule is CCCCn1nc(C)c2c(C(=O)N[C@@H](C)[C@@H]3C[C@H]4CC[C@H]3C4)c(Cl)c(C)nc21. The Balaban J connectivity index is 1.66. The third kappa shape index (κ3) is 3.32. The van der Waals surface area contributed by atoms with E-state index in [1.807, 2.05) is 18.5 Å². The Labute approximate surface area is 172 Å². The number of halogens is 1. The standard InChI is InChI=1S/C22H31ClN4O/c1-5-6-9-27-21-18(13(3)26-27)19(20(23)14(4)24-21)22(28)25-12(2)17-11-15-7-8-16(17)10-15/h12,15-17H,5-11H2,1-4H3,(H,25,28)/t12-,15-,16-,17-/m0/s1. The highest BCUT2D eigenvalue weighted by Gasteiger charge is 2.42. The maximum atomic E-state index is 13.3. The minimum Gasteiger partial charge on any atom is -0.349 e. The molecule has 4 atom stereocenters. The third-order valence-corrected chi connectivity index (χ3v) is 7.37. The molecule has 1 amide bonds. The molecule has 0 spiro atoms. The molecule has 2 aliphatic rings. The Morgan fingerprint density at radius 2 is 2.07 bits per heavy atom. The summed E-state index contributed by atoms with van der Waals surface area (Å²) in [7, 11) is 0. The Bertz CT molecular complexity index is 906. The van der Waals surface area contributed by atoms with Crippen molar-refractivity contribution in [3.05, 3.63) is 22.0 Å². The lowest BCUT2D eigenvalue weighted by atomic mass is 9.84. The van der Waals surface area contributed by atoms with Crippen LogP contribution in [-0.4, -0.2) is 26.7 Å². The summed E-state index contributed by atoms with van der Waals surface area (Å²) < 4.78 is 1.92. The molecule has 2 aromatic heterocycles. The van der Waals surface area contributed by atoms with Gasteiger partial charge in [-0.2, -0.15) is 5.10 Å². The van der Waals surface area contributed by atoms with Gasteiger partial charge in [0, 0.05) is 12.6 Å². The first-order chi connectivity index (χ1) is 13.4. The summed E-state index contributed by atoms with van der Waals surface area (Å²) in [5, 5.41) is 9.17. The van der Waals surface area contributed by atoms with E-state index in [4.69, 9.17) is 11.6 Å². The zero-order chi connectivity index (χ0) is 20.0. The maximum absolute atomic E-state index is 13.3. The average molecular weight is 403 g/mol. The Hall–Kier alpha value is -1.62. The van der Waals surface area contributed by atoms with Crippen LogP contribution in [0.15, 0.2) is 0 Å². The van der Waals surface area contributed by atoms with Gasteiger partial charge in [-0.25, -0.2) is 9.67 Å². The molecule has 6 heteroatoms. The normalized spacial score (nSPS) is 24.8. The molecule has 1 N–H and O–H groups in total. The summed E-state index contributed by atoms with van der Waals surface area (Å²) in [6, 6.07) is 0.165. The van der Waals surface area contributed by atoms with Crippen LogP contribution in [0.4, 0.5) is 0 Å². The number of unbranched alkanes of at least 4 members (excludes halogenated alkanes) is 1. The van der Waals surface area contributed by atoms with Crippen LogP contribution in [0.5, 0.6) is 0 Å². The molecule has 2 aromatic rings. The van der Waals surface area contributed by atoms with Gasteiger partial charge >= 0.3 is 0 Å². The van der Waals surface area contributed by atoms with E-state index in [9.17, 15) is 4.79 Å². The zero-order valence-corrected chi connectivity index (χ0v) is 18.1. The highest BCUT2D eigenvalue weighted by Crippen LogP contribution is 2.49. The molecule has 5 nitrogen and oxygen atoms in total. The van der Waals surface area contributed by atoms with Gasteiger partial charge in [-0.05, 0) is 64.2 Å². The largest absolute Gasteiger partial charge is 0.349 e. The number of rotatable bonds is 6. The monoisotopic (exact) mass is 402 g/mol. The Morgan fingerprint density at radius 1 is 1.29 bits per heavy atom. The summed E-state index contributed by atoms with van der Waals surface area (Å²) in [6.07, 6.45) is 7.39. The van der Waals surface area contributed by atoms with Crippen molar-refractivity contribution in [2.75, 3.05) is 0 Å². The lowest BCUT2D eigenvalue weighted by molar-refractivity contribution is 0.0917. The first-order valence-corrected chi connectivity index (χ1v) is 11.1. The topological polar surface area (TPSA) is 59.8 Å². The van der Waals surface area contributed by atoms with Crippen molar-refractivity contribution in [2.45, 2.75) is 78.8 Å². The lowest BCUT2D eigenvalue weighted by Crippen LogP contribution is -2.40. The lowest BCUT2D eigenvalue weighted by Gasteiger charge is -2.28. The first kappa shape index (κ1) is 19.7. The predicted molar refractivity (Wildman–Crippen MR) is 113 cm³/mol. The zero-order valence-electron chi connectivity index (χ0n) is 17.4. The van der Waals surface area contributed by atoms with E-state index in [0.29, 0.717) is 22.2 Å². The highest BCUT2D eigenvalue weighted by molar-refractivity contribution is 6.36. The van der Waals surface area contributed by atoms with Gasteiger partial charge in [-0.15, -0.1) is 0 Å². The van der Waals surface area contributed by atoms with E-state index in [-0.39, 0.29) is 11.9 Å². The van der Waals surface area contributed by atoms with Gasteiger partial charge in [0.2, 0.25) is 0 Å². The smallest absolute Gasteiger partial charge is 0.253 e. The molecule has 4 rings (SSSR count). The van der Waals surface area contributed by atoms with Crippen LogP contribution in [0.1, 0.15) is 74.1 Å². The van der Waals surface area contributed by atoms with Crippen molar-refractivity contribution in [2.24, 2.45) is 17.8 Å². The van der Waals surface area contributed by atoms with Gasteiger partial charge in [0.25, 0.3) is 5.91 Å². The number of fused-ring (bicyclic) bond motifs is 3. The molecule has 0 unspecified atom stereocenters. The number of aryl methyl sites for hydroxylation is 3. The summed E-state index contributed by atoms with van der Waals surface area (Å²) in [5.74, 6) is 2.14. The van der Waals surface area contributed by atoms with Crippen molar-refractivity contribution < 1.29 is 4.79 Å². The second kappa shape index (κ2) is 7.66. The number of nitrogens with one attached hydrogen (secondary N) is 1. The second-order valence-corrected chi connectivity index (χ2v) is 9.23. The molecule has 0 radical (unpaired) electrons. The first-order valence-electron chi connectivity index (χ1n) is 10.7. The third-order valence-electron chi connectivity index (χ3n) is 6.91. The summed E-state index contributed by atoms with van der Waals surface area (Å²) in [5.41, 5.74) is 2.81. The second-order valence-electron chi connectivity index (χ2n) is 8.85. The van der Waals surface area contributed by atoms with E-state index >= 15 is 0 Å². The minimum absolute atomic E-state index is 0.0890. The summed E-state index contributed by atoms with van der Waals surface area (Å²) in [4.78, 5) is 18.0. The van der Waals surface area contributed by atoms with Gasteiger partial charge in [0.05, 0.1) is 27.4 Å². The van der Waals surface area contributed by atoms with Gasteiger partial charge in [-0.1, -0.05) is 31.4 Å². The maximum Gasteiger partial charge on any atom is 0.253 e. The molecule has 0 aromatic carbocycles. The summed E-state index contributed by atoms with van der Waals surface area (Å²) >= 11 is 6.60. The van der Waals surface area contributed by atoms with Crippen LogP contribution >= 0.6 is 11.6 Å². The van der Waals surface area contributed by atoms with Gasteiger partial charge in [-0.3, -0.25) is 4.79 Å². The number of aromatic nitrogens is 3. The van der Waals surface area contributed by atoms with E-state index in [1.54, 1.807) is 0 Å². The molecule has 2 aliphatic carbocycles. The van der Waals surface area contributed by atoms with Crippen LogP contribution in [0.2, 0.25) is 5.02 Å². The number of hydrogen-bond donors (Lipinski definition) is 1. The van der Waals surface area contributed by atoms with Crippen LogP contribution in [-0.2, 0) is 6.54 Å². The molecule has 28 heavy (non-hydrogen) atoms. The fraction of sp³-hybridized carbons (Fsp3) is 0.682. The average Bonchev–Trinajstić information content (AvgIpc) is 3.36. The van der Waals surface area contributed by atoms with E-state index < -0.39 is 0 Å². The Morgan fingerprint density at radius 3 is 2.71 bits per heavy atom.